The first-order chi connectivity index (χ1) is 6.09. The van der Waals surface area contributed by atoms with Crippen LogP contribution >= 0.6 is 21.6 Å². The Labute approximate surface area is 90.9 Å². The van der Waals surface area contributed by atoms with Crippen molar-refractivity contribution in [2.24, 2.45) is 0 Å². The SMILES string of the molecule is CC(C)(SSC(C)(C)C(=O)[O-])C(=O)[O-]. The summed E-state index contributed by atoms with van der Waals surface area (Å²) in [5.41, 5.74) is 0. The van der Waals surface area contributed by atoms with E-state index < -0.39 is 21.4 Å². The van der Waals surface area contributed by atoms with Gasteiger partial charge in [0.05, 0.1) is 21.4 Å². The largest absolute Gasteiger partial charge is 0.549 e. The third kappa shape index (κ3) is 3.79. The zero-order valence-corrected chi connectivity index (χ0v) is 10.1. The van der Waals surface area contributed by atoms with Gasteiger partial charge >= 0.3 is 0 Å². The fraction of sp³-hybridized carbons (Fsp3) is 0.750. The van der Waals surface area contributed by atoms with E-state index in [1.165, 1.54) is 27.7 Å². The lowest BCUT2D eigenvalue weighted by molar-refractivity contribution is -0.309. The van der Waals surface area contributed by atoms with Gasteiger partial charge in [-0.25, -0.2) is 0 Å². The number of aliphatic carboxylic acids is 2. The molecule has 0 aliphatic heterocycles. The first kappa shape index (κ1) is 13.6. The number of carboxylic acids is 2. The van der Waals surface area contributed by atoms with Gasteiger partial charge in [0, 0.05) is 0 Å². The van der Waals surface area contributed by atoms with Crippen LogP contribution < -0.4 is 10.2 Å². The minimum atomic E-state index is -1.22. The van der Waals surface area contributed by atoms with Crippen molar-refractivity contribution in [2.75, 3.05) is 0 Å². The standard InChI is InChI=1S/C8H14O4S2/c1-7(2,5(9)10)13-14-8(3,4)6(11)12/h1-4H3,(H,9,10)(H,11,12)/p-2. The maximum Gasteiger partial charge on any atom is 0.0601 e. The minimum absolute atomic E-state index is 0.956. The van der Waals surface area contributed by atoms with Gasteiger partial charge in [-0.1, -0.05) is 21.6 Å². The van der Waals surface area contributed by atoms with Crippen LogP contribution in [0.15, 0.2) is 0 Å². The molecule has 0 N–H and O–H groups in total. The second kappa shape index (κ2) is 4.44. The Kier molecular flexibility index (Phi) is 4.33. The third-order valence-electron chi connectivity index (χ3n) is 1.44. The molecule has 0 amide bonds. The van der Waals surface area contributed by atoms with E-state index in [0.29, 0.717) is 0 Å². The molecule has 0 radical (unpaired) electrons. The Balaban J connectivity index is 4.32. The highest BCUT2D eigenvalue weighted by Crippen LogP contribution is 2.42. The summed E-state index contributed by atoms with van der Waals surface area (Å²) in [5, 5.41) is 21.2. The average molecular weight is 236 g/mol. The summed E-state index contributed by atoms with van der Waals surface area (Å²) in [6, 6.07) is 0. The van der Waals surface area contributed by atoms with Crippen LogP contribution in [0.2, 0.25) is 0 Å². The van der Waals surface area contributed by atoms with E-state index in [1.807, 2.05) is 0 Å². The predicted octanol–water partition coefficient (Wildman–Crippen LogP) is -0.575. The highest BCUT2D eigenvalue weighted by Gasteiger charge is 2.27. The number of hydrogen-bond donors (Lipinski definition) is 0. The lowest BCUT2D eigenvalue weighted by Gasteiger charge is -2.30. The topological polar surface area (TPSA) is 80.3 Å². The van der Waals surface area contributed by atoms with Crippen LogP contribution in [0.4, 0.5) is 0 Å². The van der Waals surface area contributed by atoms with Gasteiger partial charge in [0.1, 0.15) is 0 Å². The van der Waals surface area contributed by atoms with Crippen molar-refractivity contribution >= 4 is 33.5 Å². The van der Waals surface area contributed by atoms with Crippen molar-refractivity contribution < 1.29 is 19.8 Å². The highest BCUT2D eigenvalue weighted by molar-refractivity contribution is 8.78. The van der Waals surface area contributed by atoms with Crippen LogP contribution in [0, 0.1) is 0 Å². The Morgan fingerprint density at radius 2 is 1.07 bits per heavy atom. The van der Waals surface area contributed by atoms with Crippen molar-refractivity contribution in [3.63, 3.8) is 0 Å². The van der Waals surface area contributed by atoms with E-state index in [2.05, 4.69) is 0 Å². The number of carbonyl (C=O) groups is 2. The van der Waals surface area contributed by atoms with Gasteiger partial charge in [-0.05, 0) is 27.7 Å². The highest BCUT2D eigenvalue weighted by atomic mass is 33.1. The molecule has 0 aromatic heterocycles. The van der Waals surface area contributed by atoms with Gasteiger partial charge in [-0.3, -0.25) is 0 Å². The summed E-state index contributed by atoms with van der Waals surface area (Å²) in [6.07, 6.45) is 0. The predicted molar refractivity (Wildman–Crippen MR) is 53.4 cm³/mol. The van der Waals surface area contributed by atoms with Crippen LogP contribution in [0.1, 0.15) is 27.7 Å². The van der Waals surface area contributed by atoms with Crippen molar-refractivity contribution in [1.82, 2.24) is 0 Å². The molecule has 0 aliphatic carbocycles. The molecule has 82 valence electrons. The quantitative estimate of drug-likeness (QED) is 0.594. The molecular weight excluding hydrogens is 224 g/mol. The second-order valence-corrected chi connectivity index (χ2v) is 7.14. The molecule has 0 atom stereocenters. The van der Waals surface area contributed by atoms with E-state index in [1.54, 1.807) is 0 Å². The van der Waals surface area contributed by atoms with Gasteiger partial charge in [-0.15, -0.1) is 0 Å². The van der Waals surface area contributed by atoms with Crippen LogP contribution in [-0.4, -0.2) is 21.4 Å². The maximum absolute atomic E-state index is 10.6. The molecule has 0 rings (SSSR count). The zero-order valence-electron chi connectivity index (χ0n) is 8.45. The molecule has 0 fully saturated rings. The summed E-state index contributed by atoms with van der Waals surface area (Å²) < 4.78 is -2.23. The molecule has 0 saturated heterocycles. The summed E-state index contributed by atoms with van der Waals surface area (Å²) in [7, 11) is 1.91. The van der Waals surface area contributed by atoms with E-state index in [9.17, 15) is 19.8 Å². The number of carbonyl (C=O) groups excluding carboxylic acids is 2. The van der Waals surface area contributed by atoms with Crippen molar-refractivity contribution in [3.8, 4) is 0 Å². The lowest BCUT2D eigenvalue weighted by Crippen LogP contribution is -2.43. The van der Waals surface area contributed by atoms with E-state index in [4.69, 9.17) is 0 Å². The third-order valence-corrected chi connectivity index (χ3v) is 5.44. The molecular formula is C8H12O4S2-2. The van der Waals surface area contributed by atoms with Crippen LogP contribution in [0.25, 0.3) is 0 Å². The minimum Gasteiger partial charge on any atom is -0.549 e. The number of carboxylic acid groups (broad SMARTS) is 2. The molecule has 0 bridgehead atoms. The van der Waals surface area contributed by atoms with Crippen molar-refractivity contribution in [2.45, 2.75) is 37.2 Å². The van der Waals surface area contributed by atoms with E-state index >= 15 is 0 Å². The van der Waals surface area contributed by atoms with Gasteiger partial charge in [-0.2, -0.15) is 0 Å². The average Bonchev–Trinajstić information content (AvgIpc) is 2.01. The Morgan fingerprint density at radius 3 is 1.21 bits per heavy atom. The van der Waals surface area contributed by atoms with E-state index in [-0.39, 0.29) is 0 Å². The first-order valence-electron chi connectivity index (χ1n) is 3.89. The maximum atomic E-state index is 10.6. The molecule has 0 spiro atoms. The van der Waals surface area contributed by atoms with Crippen LogP contribution in [0.5, 0.6) is 0 Å². The zero-order chi connectivity index (χ0) is 11.6. The van der Waals surface area contributed by atoms with Crippen molar-refractivity contribution in [1.29, 1.82) is 0 Å². The van der Waals surface area contributed by atoms with Crippen LogP contribution in [0.3, 0.4) is 0 Å². The molecule has 0 aromatic rings. The van der Waals surface area contributed by atoms with Gasteiger partial charge < -0.3 is 19.8 Å². The van der Waals surface area contributed by atoms with Gasteiger partial charge in [0.25, 0.3) is 0 Å². The second-order valence-electron chi connectivity index (χ2n) is 3.76. The summed E-state index contributed by atoms with van der Waals surface area (Å²) in [4.78, 5) is 21.2. The Hall–Kier alpha value is -0.360. The summed E-state index contributed by atoms with van der Waals surface area (Å²) in [5.74, 6) is -2.44. The Bertz CT molecular complexity index is 222. The lowest BCUT2D eigenvalue weighted by atomic mass is 10.2. The Morgan fingerprint density at radius 1 is 0.857 bits per heavy atom. The fourth-order valence-electron chi connectivity index (χ4n) is 0.276. The van der Waals surface area contributed by atoms with Gasteiger partial charge in [0.2, 0.25) is 0 Å². The first-order valence-corrected chi connectivity index (χ1v) is 6.04. The smallest absolute Gasteiger partial charge is 0.0601 e. The molecule has 0 unspecified atom stereocenters. The normalized spacial score (nSPS) is 12.6. The monoisotopic (exact) mass is 236 g/mol. The van der Waals surface area contributed by atoms with Crippen molar-refractivity contribution in [3.05, 3.63) is 0 Å². The molecule has 0 aromatic carbocycles. The molecule has 0 heterocycles. The van der Waals surface area contributed by atoms with E-state index in [0.717, 1.165) is 21.6 Å². The molecule has 0 aliphatic rings. The molecule has 14 heavy (non-hydrogen) atoms. The molecule has 4 nitrogen and oxygen atoms in total. The molecule has 0 saturated carbocycles. The summed E-state index contributed by atoms with van der Waals surface area (Å²) in [6.45, 7) is 5.85. The molecule has 6 heteroatoms. The van der Waals surface area contributed by atoms with Crippen LogP contribution in [-0.2, 0) is 9.59 Å². The summed E-state index contributed by atoms with van der Waals surface area (Å²) >= 11 is 0. The van der Waals surface area contributed by atoms with Gasteiger partial charge in [0.15, 0.2) is 0 Å². The number of hydrogen-bond acceptors (Lipinski definition) is 6. The number of rotatable bonds is 5. The fourth-order valence-corrected chi connectivity index (χ4v) is 2.49.